The Balaban J connectivity index is 0.000000172. The van der Waals surface area contributed by atoms with Crippen LogP contribution in [0, 0.1) is 6.92 Å². The van der Waals surface area contributed by atoms with Crippen LogP contribution in [-0.2, 0) is 71.2 Å². The van der Waals surface area contributed by atoms with Crippen molar-refractivity contribution in [1.82, 2.24) is 76.9 Å². The Hall–Kier alpha value is -12.1. The number of pyridine rings is 3. The lowest BCUT2D eigenvalue weighted by atomic mass is 9.89. The number of imidazole rings is 1. The molecule has 1 saturated carbocycles. The molecule has 0 amide bonds. The number of sulfonamides is 1. The zero-order valence-electron chi connectivity index (χ0n) is 75.8. The van der Waals surface area contributed by atoms with E-state index in [0.717, 1.165) is 160 Å². The van der Waals surface area contributed by atoms with Crippen LogP contribution in [0.3, 0.4) is 0 Å². The average Bonchev–Trinajstić information content (AvgIpc) is 1.67. The summed E-state index contributed by atoms with van der Waals surface area (Å²) in [4.78, 5) is 86.2. The van der Waals surface area contributed by atoms with E-state index in [-0.39, 0.29) is 78.3 Å². The smallest absolute Gasteiger partial charge is 0.379 e. The van der Waals surface area contributed by atoms with Crippen molar-refractivity contribution < 1.29 is 51.7 Å². The van der Waals surface area contributed by atoms with Gasteiger partial charge in [0.1, 0.15) is 16.9 Å². The lowest BCUT2D eigenvalue weighted by Gasteiger charge is -2.34. The van der Waals surface area contributed by atoms with Gasteiger partial charge in [-0.15, -0.1) is 0 Å². The number of hydrogen-bond donors (Lipinski definition) is 4. The number of piperidine rings is 1. The van der Waals surface area contributed by atoms with E-state index in [0.29, 0.717) is 93.3 Å². The molecule has 1 atom stereocenters. The summed E-state index contributed by atoms with van der Waals surface area (Å²) in [6.45, 7) is 18.5. The Morgan fingerprint density at radius 1 is 0.567 bits per heavy atom. The minimum absolute atomic E-state index is 0. The summed E-state index contributed by atoms with van der Waals surface area (Å²) in [6, 6.07) is 45.7. The molecule has 1 aliphatic carbocycles. The van der Waals surface area contributed by atoms with Crippen molar-refractivity contribution in [3.63, 3.8) is 0 Å². The number of anilines is 8. The first-order valence-electron chi connectivity index (χ1n) is 44.5. The molecular weight excluding hydrogens is 1800 g/mol. The normalized spacial score (nSPS) is 16.1. The number of alkyl halides is 3. The minimum Gasteiger partial charge on any atom is -0.379 e. The maximum absolute atomic E-state index is 14.3. The highest BCUT2D eigenvalue weighted by Gasteiger charge is 2.35. The number of likely N-dealkylation sites (N-methyl/N-ethyl adjacent to an activating group) is 2. The lowest BCUT2D eigenvalue weighted by molar-refractivity contribution is -0.138. The second-order valence-corrected chi connectivity index (χ2v) is 42.8. The van der Waals surface area contributed by atoms with Crippen LogP contribution < -0.4 is 47.7 Å². The van der Waals surface area contributed by atoms with E-state index < -0.39 is 69.8 Å². The summed E-state index contributed by atoms with van der Waals surface area (Å²) in [6.07, 6.45) is 9.26. The van der Waals surface area contributed by atoms with E-state index in [4.69, 9.17) is 14.7 Å². The number of benzene rings is 6. The third kappa shape index (κ3) is 22.1. The first-order chi connectivity index (χ1) is 64.2. The van der Waals surface area contributed by atoms with Gasteiger partial charge in [-0.2, -0.15) is 28.1 Å². The minimum atomic E-state index is -4.66. The number of halogens is 3. The van der Waals surface area contributed by atoms with E-state index in [1.165, 1.54) is 76.5 Å². The Kier molecular flexibility index (Phi) is 28.8. The molecule has 13 aromatic rings. The number of nitrogens with one attached hydrogen (secondary N) is 4. The monoisotopic (exact) mass is 1910 g/mol. The number of piperazine rings is 2. The van der Waals surface area contributed by atoms with Gasteiger partial charge in [-0.05, 0) is 199 Å². The van der Waals surface area contributed by atoms with Gasteiger partial charge < -0.3 is 45.6 Å². The van der Waals surface area contributed by atoms with Crippen LogP contribution in [0.1, 0.15) is 72.0 Å². The molecule has 5 fully saturated rings. The number of likely N-dealkylation sites (tertiary alicyclic amines) is 1. The van der Waals surface area contributed by atoms with Crippen molar-refractivity contribution in [3.05, 3.63) is 242 Å². The maximum Gasteiger partial charge on any atom is 0.416 e. The van der Waals surface area contributed by atoms with Crippen LogP contribution in [0.25, 0.3) is 66.7 Å². The van der Waals surface area contributed by atoms with Gasteiger partial charge in [-0.1, -0.05) is 60.7 Å². The van der Waals surface area contributed by atoms with Crippen LogP contribution in [-0.4, -0.2) is 250 Å². The topological polar surface area (TPSA) is 357 Å². The van der Waals surface area contributed by atoms with Gasteiger partial charge >= 0.3 is 6.18 Å². The first-order valence-corrected chi connectivity index (χ1v) is 51.0. The highest BCUT2D eigenvalue weighted by atomic mass is 32.2. The fourth-order valence-corrected chi connectivity index (χ4v) is 20.8. The van der Waals surface area contributed by atoms with Crippen LogP contribution in [0.2, 0.25) is 0 Å². The lowest BCUT2D eigenvalue weighted by Crippen LogP contribution is -2.44. The van der Waals surface area contributed by atoms with Gasteiger partial charge in [-0.25, -0.2) is 53.5 Å². The molecule has 4 aliphatic heterocycles. The molecule has 6 aromatic carbocycles. The number of sulfone groups is 1. The van der Waals surface area contributed by atoms with E-state index in [2.05, 4.69) is 109 Å². The number of aromatic nitrogens is 11. The van der Waals surface area contributed by atoms with Crippen molar-refractivity contribution >= 4 is 120 Å². The molecule has 7 aromatic heterocycles. The first kappa shape index (κ1) is 95.1. The summed E-state index contributed by atoms with van der Waals surface area (Å²) in [5.41, 5.74) is 7.00. The summed E-state index contributed by atoms with van der Waals surface area (Å²) >= 11 is 0. The van der Waals surface area contributed by atoms with Gasteiger partial charge in [0.2, 0.25) is 37.9 Å². The average molecular weight is 1910 g/mol. The molecule has 0 spiro atoms. The Bertz CT molecular complexity index is 7100. The van der Waals surface area contributed by atoms with E-state index in [1.54, 1.807) is 55.1 Å². The SMILES string of the molecule is CN1CCC(c2ccc(Nc3ncc4cc(-c5nccn5S(C)(=O)=O)c(=O)n(CCN5CCOCC5)c4n3)cc2)CC1.CN1CCN(c2ccc(Nc3ncc4cc(-c5cccc(S(=O)C6CC6)c5)c(=O)n(CCN(C)S(C)(=O)=O)c4n3)cc2)CC1.Cc1cc(Nc2ncc3cc(-c4ccccc4S(=O)(=O)C(C)C)c(=O)n(Cc4ccccc4C(F)(F)F)c3n2)ccc1N1CCNCC1.[HH].[HH].[HH]. The van der Waals surface area contributed by atoms with Crippen LogP contribution in [0.5, 0.6) is 0 Å². The van der Waals surface area contributed by atoms with Crippen molar-refractivity contribution in [1.29, 1.82) is 0 Å². The standard InChI is InChI=1S/C35H35F3N6O3S.C31H37N7O4S2.C29H36N8O4S.3H2/c1-22(2)48(46,47)31-11-7-5-9-27(31)28-19-25-20-40-34(41-26-12-13-30(23(3)18-26)43-16-14-39-15-17-43)42-32(25)44(33(28)45)21-24-8-4-6-10-29(24)35(36,37)38;1-35-13-16-37(17-14-35)25-9-7-24(8-10-25)33-31-32-21-23-20-28(22-5-4-6-27(19-22)43(40)26-11-12-26)30(39)38(29(23)34-31)18-15-36(2)44(3,41)42;1-34-10-7-22(8-11-34)21-3-5-24(6-4-21)32-29-31-20-23-19-25(27-30-9-12-37(27)42(2,39)40)28(38)36(26(23)33-29)14-13-35-15-17-41-18-16-35;;;/h4-13,18-20,22,39H,14-17,21H2,1-3H3,(H,40,41,42);4-10,19-21,26H,11-18H2,1-3H3,(H,32,33,34);3-6,9,12,19-20,22H,7-8,10-11,13-18H2,1-2H3,(H,31,32,33);3*1H. The van der Waals surface area contributed by atoms with Crippen molar-refractivity contribution in [2.75, 3.05) is 164 Å². The number of nitrogens with zero attached hydrogens (tertiary/aromatic N) is 17. The molecule has 0 bridgehead atoms. The number of aryl methyl sites for hydroxylation is 1. The molecule has 710 valence electrons. The molecule has 18 rings (SSSR count). The van der Waals surface area contributed by atoms with Crippen molar-refractivity contribution in [3.8, 4) is 33.6 Å². The third-order valence-corrected chi connectivity index (χ3v) is 31.2. The fraction of sp³-hybridized carbons (Fsp3) is 0.368. The number of fused-ring (bicyclic) bond motifs is 3. The molecule has 134 heavy (non-hydrogen) atoms. The molecule has 5 aliphatic rings. The van der Waals surface area contributed by atoms with E-state index >= 15 is 0 Å². The number of morpholine rings is 1. The number of rotatable bonds is 26. The third-order valence-electron chi connectivity index (χ3n) is 24.9. The van der Waals surface area contributed by atoms with Gasteiger partial charge in [-0.3, -0.25) is 37.2 Å². The molecule has 1 unspecified atom stereocenters. The highest BCUT2D eigenvalue weighted by molar-refractivity contribution is 7.92. The second kappa shape index (κ2) is 40.6. The largest absolute Gasteiger partial charge is 0.416 e. The molecule has 4 saturated heterocycles. The maximum atomic E-state index is 14.3. The van der Waals surface area contributed by atoms with Crippen LogP contribution in [0.15, 0.2) is 213 Å². The summed E-state index contributed by atoms with van der Waals surface area (Å²) in [7, 11) is -6.27. The number of ether oxygens (including phenoxy) is 1. The zero-order valence-corrected chi connectivity index (χ0v) is 79.0. The van der Waals surface area contributed by atoms with Crippen molar-refractivity contribution in [2.45, 2.75) is 98.5 Å². The fourth-order valence-electron chi connectivity index (χ4n) is 16.9. The van der Waals surface area contributed by atoms with Gasteiger partial charge in [0, 0.05) is 205 Å². The molecule has 32 nitrogen and oxygen atoms in total. The predicted octanol–water partition coefficient (Wildman–Crippen LogP) is 12.4. The van der Waals surface area contributed by atoms with Gasteiger partial charge in [0.25, 0.3) is 16.7 Å². The van der Waals surface area contributed by atoms with Crippen LogP contribution in [0.4, 0.5) is 59.5 Å². The quantitative estimate of drug-likeness (QED) is 0.0391. The summed E-state index contributed by atoms with van der Waals surface area (Å²) in [5, 5.41) is 14.0. The summed E-state index contributed by atoms with van der Waals surface area (Å²) < 4.78 is 143. The van der Waals surface area contributed by atoms with Gasteiger partial charge in [0.15, 0.2) is 15.7 Å². The molecular formula is C95H114F3N21O11S4. The molecule has 0 radical (unpaired) electrons. The highest BCUT2D eigenvalue weighted by Crippen LogP contribution is 2.38. The van der Waals surface area contributed by atoms with Crippen LogP contribution >= 0.6 is 0 Å². The van der Waals surface area contributed by atoms with Gasteiger partial charge in [0.05, 0.1) is 64.3 Å². The Labute approximate surface area is 782 Å². The molecule has 4 N–H and O–H groups in total. The summed E-state index contributed by atoms with van der Waals surface area (Å²) in [5.74, 6) is 1.48. The predicted molar refractivity (Wildman–Crippen MR) is 525 cm³/mol. The Morgan fingerprint density at radius 3 is 1.72 bits per heavy atom. The van der Waals surface area contributed by atoms with Crippen molar-refractivity contribution in [2.24, 2.45) is 0 Å². The molecule has 11 heterocycles. The molecule has 39 heteroatoms. The van der Waals surface area contributed by atoms with E-state index in [9.17, 15) is 57.0 Å². The van der Waals surface area contributed by atoms with E-state index in [1.807, 2.05) is 73.7 Å². The second-order valence-electron chi connectivity index (χ2n) is 34.7. The number of hydrogen-bond acceptors (Lipinski definition) is 27. The Morgan fingerprint density at radius 2 is 1.12 bits per heavy atom. The zero-order chi connectivity index (χ0) is 94.5.